The summed E-state index contributed by atoms with van der Waals surface area (Å²) in [5, 5.41) is 3.58. The number of Topliss-reactive ketones (excluding diaryl/α,β-unsaturated/α-hetero) is 1. The molecule has 1 amide bonds. The van der Waals surface area contributed by atoms with Crippen molar-refractivity contribution in [2.75, 3.05) is 13.2 Å². The molecule has 1 aromatic carbocycles. The van der Waals surface area contributed by atoms with Crippen LogP contribution >= 0.6 is 11.6 Å². The summed E-state index contributed by atoms with van der Waals surface area (Å²) in [6.07, 6.45) is 8.02. The molecule has 0 spiro atoms. The fourth-order valence-corrected chi connectivity index (χ4v) is 6.06. The number of carbonyl (C=O) groups excluding carboxylic acids is 2. The molecule has 1 N–H and O–H groups in total. The zero-order chi connectivity index (χ0) is 18.3. The molecule has 5 rings (SSSR count). The summed E-state index contributed by atoms with van der Waals surface area (Å²) in [4.78, 5) is 24.0. The van der Waals surface area contributed by atoms with Crippen LogP contribution in [0, 0.1) is 23.2 Å². The standard InChI is InChI=1S/C21H26ClNO3/c1-13(24)18-7-17(22)2-3-19(18)26-11-20(25)23-12-21-8-14-4-15(9-21)6-16(5-14)10-21/h2-3,7,14-16H,4-6,8-12H2,1H3,(H,23,25). The Balaban J connectivity index is 1.32. The van der Waals surface area contributed by atoms with Gasteiger partial charge < -0.3 is 10.1 Å². The molecule has 0 unspecified atom stereocenters. The van der Waals surface area contributed by atoms with Crippen molar-refractivity contribution >= 4 is 23.3 Å². The molecular weight excluding hydrogens is 350 g/mol. The van der Waals surface area contributed by atoms with Crippen molar-refractivity contribution in [3.8, 4) is 5.75 Å². The van der Waals surface area contributed by atoms with E-state index in [-0.39, 0.29) is 18.3 Å². The summed E-state index contributed by atoms with van der Waals surface area (Å²) in [6, 6.07) is 4.88. The van der Waals surface area contributed by atoms with E-state index in [2.05, 4.69) is 5.32 Å². The maximum Gasteiger partial charge on any atom is 0.257 e. The summed E-state index contributed by atoms with van der Waals surface area (Å²) in [7, 11) is 0. The highest BCUT2D eigenvalue weighted by molar-refractivity contribution is 6.31. The first kappa shape index (κ1) is 17.8. The number of nitrogens with one attached hydrogen (secondary N) is 1. The van der Waals surface area contributed by atoms with Gasteiger partial charge in [0.25, 0.3) is 5.91 Å². The third-order valence-corrected chi connectivity index (χ3v) is 6.74. The minimum absolute atomic E-state index is 0.0751. The molecule has 5 heteroatoms. The molecule has 0 atom stereocenters. The maximum absolute atomic E-state index is 12.3. The SMILES string of the molecule is CC(=O)c1cc(Cl)ccc1OCC(=O)NCC12CC3CC(CC(C3)C1)C2. The van der Waals surface area contributed by atoms with E-state index in [4.69, 9.17) is 16.3 Å². The van der Waals surface area contributed by atoms with Crippen LogP contribution in [0.5, 0.6) is 5.75 Å². The summed E-state index contributed by atoms with van der Waals surface area (Å²) < 4.78 is 5.60. The number of ketones is 1. The monoisotopic (exact) mass is 375 g/mol. The van der Waals surface area contributed by atoms with Crippen molar-refractivity contribution in [3.05, 3.63) is 28.8 Å². The number of benzene rings is 1. The van der Waals surface area contributed by atoms with Crippen molar-refractivity contribution in [1.82, 2.24) is 5.32 Å². The summed E-state index contributed by atoms with van der Waals surface area (Å²) in [5.74, 6) is 2.79. The van der Waals surface area contributed by atoms with Gasteiger partial charge in [-0.3, -0.25) is 9.59 Å². The number of hydrogen-bond acceptors (Lipinski definition) is 3. The van der Waals surface area contributed by atoms with E-state index in [1.807, 2.05) is 0 Å². The zero-order valence-electron chi connectivity index (χ0n) is 15.2. The van der Waals surface area contributed by atoms with Gasteiger partial charge in [-0.25, -0.2) is 0 Å². The molecule has 4 nitrogen and oxygen atoms in total. The Morgan fingerprint density at radius 2 is 1.77 bits per heavy atom. The van der Waals surface area contributed by atoms with Gasteiger partial charge in [-0.15, -0.1) is 0 Å². The van der Waals surface area contributed by atoms with Crippen LogP contribution in [0.4, 0.5) is 0 Å². The van der Waals surface area contributed by atoms with Gasteiger partial charge in [-0.1, -0.05) is 11.6 Å². The van der Waals surface area contributed by atoms with E-state index in [1.54, 1.807) is 18.2 Å². The van der Waals surface area contributed by atoms with Crippen LogP contribution in [0.3, 0.4) is 0 Å². The summed E-state index contributed by atoms with van der Waals surface area (Å²) in [6.45, 7) is 2.15. The number of halogens is 1. The van der Waals surface area contributed by atoms with Gasteiger partial charge in [0.05, 0.1) is 5.56 Å². The summed E-state index contributed by atoms with van der Waals surface area (Å²) in [5.41, 5.74) is 0.723. The fraction of sp³-hybridized carbons (Fsp3) is 0.619. The average Bonchev–Trinajstić information content (AvgIpc) is 2.57. The number of amides is 1. The van der Waals surface area contributed by atoms with E-state index in [1.165, 1.54) is 45.4 Å². The predicted molar refractivity (Wildman–Crippen MR) is 101 cm³/mol. The Morgan fingerprint density at radius 1 is 1.15 bits per heavy atom. The number of carbonyl (C=O) groups is 2. The first-order valence-electron chi connectivity index (χ1n) is 9.62. The van der Waals surface area contributed by atoms with Crippen molar-refractivity contribution in [3.63, 3.8) is 0 Å². The quantitative estimate of drug-likeness (QED) is 0.756. The Hall–Kier alpha value is -1.55. The van der Waals surface area contributed by atoms with Crippen LogP contribution in [0.1, 0.15) is 55.8 Å². The van der Waals surface area contributed by atoms with Gasteiger partial charge in [-0.2, -0.15) is 0 Å². The van der Waals surface area contributed by atoms with Crippen LogP contribution in [0.15, 0.2) is 18.2 Å². The highest BCUT2D eigenvalue weighted by atomic mass is 35.5. The van der Waals surface area contributed by atoms with Crippen LogP contribution in [-0.2, 0) is 4.79 Å². The molecule has 4 saturated carbocycles. The van der Waals surface area contributed by atoms with Gasteiger partial charge in [0, 0.05) is 11.6 Å². The smallest absolute Gasteiger partial charge is 0.257 e. The number of rotatable bonds is 6. The molecule has 0 saturated heterocycles. The lowest BCUT2D eigenvalue weighted by molar-refractivity contribution is -0.125. The van der Waals surface area contributed by atoms with Crippen molar-refractivity contribution in [2.24, 2.45) is 23.2 Å². The second kappa shape index (κ2) is 6.88. The van der Waals surface area contributed by atoms with E-state index < -0.39 is 0 Å². The van der Waals surface area contributed by atoms with Crippen LogP contribution in [-0.4, -0.2) is 24.8 Å². The zero-order valence-corrected chi connectivity index (χ0v) is 16.0. The number of ether oxygens (including phenoxy) is 1. The van der Waals surface area contributed by atoms with E-state index in [9.17, 15) is 9.59 Å². The molecular formula is C21H26ClNO3. The Morgan fingerprint density at radius 3 is 2.35 bits per heavy atom. The lowest BCUT2D eigenvalue weighted by atomic mass is 9.49. The molecule has 0 radical (unpaired) electrons. The van der Waals surface area contributed by atoms with Crippen LogP contribution in [0.25, 0.3) is 0 Å². The van der Waals surface area contributed by atoms with Crippen molar-refractivity contribution in [2.45, 2.75) is 45.4 Å². The second-order valence-corrected chi connectivity index (χ2v) is 9.12. The normalized spacial score (nSPS) is 31.7. The Bertz CT molecular complexity index is 695. The van der Waals surface area contributed by atoms with Gasteiger partial charge >= 0.3 is 0 Å². The molecule has 0 aliphatic heterocycles. The van der Waals surface area contributed by atoms with Crippen molar-refractivity contribution in [1.29, 1.82) is 0 Å². The van der Waals surface area contributed by atoms with Gasteiger partial charge in [0.15, 0.2) is 12.4 Å². The average molecular weight is 376 g/mol. The third kappa shape index (κ3) is 3.62. The van der Waals surface area contributed by atoms with Gasteiger partial charge in [0.1, 0.15) is 5.75 Å². The molecule has 140 valence electrons. The molecule has 26 heavy (non-hydrogen) atoms. The molecule has 0 aromatic heterocycles. The number of hydrogen-bond donors (Lipinski definition) is 1. The molecule has 4 bridgehead atoms. The summed E-state index contributed by atoms with van der Waals surface area (Å²) >= 11 is 5.94. The first-order valence-corrected chi connectivity index (χ1v) is 10.0. The van der Waals surface area contributed by atoms with Crippen LogP contribution < -0.4 is 10.1 Å². The first-order chi connectivity index (χ1) is 12.4. The minimum Gasteiger partial charge on any atom is -0.483 e. The lowest BCUT2D eigenvalue weighted by Crippen LogP contribution is -2.51. The topological polar surface area (TPSA) is 55.4 Å². The fourth-order valence-electron chi connectivity index (χ4n) is 5.89. The Kier molecular flexibility index (Phi) is 4.72. The van der Waals surface area contributed by atoms with Crippen molar-refractivity contribution < 1.29 is 14.3 Å². The van der Waals surface area contributed by atoms with Gasteiger partial charge in [0.2, 0.25) is 0 Å². The van der Waals surface area contributed by atoms with E-state index in [0.29, 0.717) is 21.8 Å². The molecule has 1 aromatic rings. The maximum atomic E-state index is 12.3. The molecule has 0 heterocycles. The Labute approximate surface area is 159 Å². The van der Waals surface area contributed by atoms with Gasteiger partial charge in [-0.05, 0) is 86.8 Å². The molecule has 4 aliphatic carbocycles. The van der Waals surface area contributed by atoms with E-state index in [0.717, 1.165) is 24.3 Å². The molecule has 4 fully saturated rings. The lowest BCUT2D eigenvalue weighted by Gasteiger charge is -2.56. The highest BCUT2D eigenvalue weighted by Gasteiger charge is 2.50. The van der Waals surface area contributed by atoms with Crippen LogP contribution in [0.2, 0.25) is 5.02 Å². The third-order valence-electron chi connectivity index (χ3n) is 6.51. The largest absolute Gasteiger partial charge is 0.483 e. The minimum atomic E-state index is -0.128. The van der Waals surface area contributed by atoms with E-state index >= 15 is 0 Å². The second-order valence-electron chi connectivity index (χ2n) is 8.68. The predicted octanol–water partition coefficient (Wildman–Crippen LogP) is 4.25. The molecule has 4 aliphatic rings. The highest BCUT2D eigenvalue weighted by Crippen LogP contribution is 2.59.